The normalized spacial score (nSPS) is 11.0. The minimum atomic E-state index is -0.258. The average molecular weight is 293 g/mol. The van der Waals surface area contributed by atoms with Gasteiger partial charge in [0.15, 0.2) is 0 Å². The Morgan fingerprint density at radius 3 is 3.05 bits per heavy atom. The Balaban J connectivity index is 1.76. The van der Waals surface area contributed by atoms with Crippen LogP contribution in [0.4, 0.5) is 4.39 Å². The number of rotatable bonds is 8. The van der Waals surface area contributed by atoms with Crippen LogP contribution >= 0.6 is 0 Å². The highest BCUT2D eigenvalue weighted by Crippen LogP contribution is 2.19. The smallest absolute Gasteiger partial charge is 0.233 e. The van der Waals surface area contributed by atoms with Crippen molar-refractivity contribution in [3.05, 3.63) is 35.8 Å². The molecule has 5 nitrogen and oxygen atoms in total. The van der Waals surface area contributed by atoms with Gasteiger partial charge in [-0.05, 0) is 30.2 Å². The lowest BCUT2D eigenvalue weighted by Gasteiger charge is -2.06. The molecule has 1 aromatic carbocycles. The van der Waals surface area contributed by atoms with Crippen LogP contribution in [0.25, 0.3) is 10.9 Å². The minimum Gasteiger partial charge on any atom is -0.383 e. The third-order valence-electron chi connectivity index (χ3n) is 3.21. The number of amides is 1. The maximum atomic E-state index is 13.1. The molecule has 1 amide bonds. The van der Waals surface area contributed by atoms with Gasteiger partial charge in [0.1, 0.15) is 5.82 Å². The van der Waals surface area contributed by atoms with E-state index in [9.17, 15) is 9.18 Å². The van der Waals surface area contributed by atoms with Gasteiger partial charge in [-0.1, -0.05) is 0 Å². The van der Waals surface area contributed by atoms with Crippen molar-refractivity contribution in [2.24, 2.45) is 0 Å². The van der Waals surface area contributed by atoms with E-state index in [1.165, 1.54) is 12.1 Å². The molecule has 0 unspecified atom stereocenters. The lowest BCUT2D eigenvalue weighted by molar-refractivity contribution is -0.120. The summed E-state index contributed by atoms with van der Waals surface area (Å²) in [6, 6.07) is 4.67. The van der Waals surface area contributed by atoms with Crippen LogP contribution in [0, 0.1) is 5.82 Å². The van der Waals surface area contributed by atoms with E-state index in [-0.39, 0.29) is 18.3 Å². The predicted molar refractivity (Wildman–Crippen MR) is 79.7 cm³/mol. The highest BCUT2D eigenvalue weighted by Gasteiger charge is 2.05. The van der Waals surface area contributed by atoms with E-state index >= 15 is 0 Å². The van der Waals surface area contributed by atoms with Crippen molar-refractivity contribution in [3.8, 4) is 0 Å². The fourth-order valence-corrected chi connectivity index (χ4v) is 2.14. The quantitative estimate of drug-likeness (QED) is 0.641. The number of halogens is 1. The Labute approximate surface area is 122 Å². The number of H-pyrrole nitrogens is 1. The number of nitrogens with one attached hydrogen (secondary N) is 3. The molecule has 21 heavy (non-hydrogen) atoms. The number of benzene rings is 1. The molecular weight excluding hydrogens is 273 g/mol. The molecule has 0 aliphatic carbocycles. The molecule has 0 radical (unpaired) electrons. The number of hydrogen-bond donors (Lipinski definition) is 3. The van der Waals surface area contributed by atoms with Crippen molar-refractivity contribution in [2.45, 2.75) is 6.42 Å². The van der Waals surface area contributed by atoms with Crippen molar-refractivity contribution in [1.82, 2.24) is 15.6 Å². The van der Waals surface area contributed by atoms with Crippen molar-refractivity contribution >= 4 is 16.8 Å². The highest BCUT2D eigenvalue weighted by atomic mass is 19.1. The first-order chi connectivity index (χ1) is 10.2. The largest absolute Gasteiger partial charge is 0.383 e. The number of methoxy groups -OCH3 is 1. The van der Waals surface area contributed by atoms with Crippen molar-refractivity contribution in [3.63, 3.8) is 0 Å². The van der Waals surface area contributed by atoms with Crippen molar-refractivity contribution < 1.29 is 13.9 Å². The van der Waals surface area contributed by atoms with E-state index in [2.05, 4.69) is 15.6 Å². The Morgan fingerprint density at radius 1 is 1.38 bits per heavy atom. The number of carbonyl (C=O) groups is 1. The Morgan fingerprint density at radius 2 is 2.24 bits per heavy atom. The van der Waals surface area contributed by atoms with Crippen molar-refractivity contribution in [1.29, 1.82) is 0 Å². The second-order valence-electron chi connectivity index (χ2n) is 4.77. The van der Waals surface area contributed by atoms with E-state index < -0.39 is 0 Å². The number of aromatic nitrogens is 1. The Hall–Kier alpha value is -1.92. The average Bonchev–Trinajstić information content (AvgIpc) is 2.86. The van der Waals surface area contributed by atoms with E-state index in [0.29, 0.717) is 26.1 Å². The third kappa shape index (κ3) is 4.54. The summed E-state index contributed by atoms with van der Waals surface area (Å²) in [5.41, 5.74) is 1.84. The van der Waals surface area contributed by atoms with Gasteiger partial charge in [-0.3, -0.25) is 4.79 Å². The summed E-state index contributed by atoms with van der Waals surface area (Å²) < 4.78 is 18.0. The molecule has 2 aromatic rings. The molecule has 114 valence electrons. The number of carbonyl (C=O) groups excluding carboxylic acids is 1. The monoisotopic (exact) mass is 293 g/mol. The molecule has 1 aromatic heterocycles. The third-order valence-corrected chi connectivity index (χ3v) is 3.21. The summed E-state index contributed by atoms with van der Waals surface area (Å²) in [7, 11) is 1.62. The van der Waals surface area contributed by atoms with Crippen LogP contribution in [0.3, 0.4) is 0 Å². The van der Waals surface area contributed by atoms with Gasteiger partial charge in [0.2, 0.25) is 5.91 Å². The fraction of sp³-hybridized carbons (Fsp3) is 0.400. The lowest BCUT2D eigenvalue weighted by Crippen LogP contribution is -2.36. The highest BCUT2D eigenvalue weighted by molar-refractivity contribution is 5.83. The maximum Gasteiger partial charge on any atom is 0.233 e. The first kappa shape index (κ1) is 15.5. The van der Waals surface area contributed by atoms with Crippen LogP contribution in [0.5, 0.6) is 0 Å². The van der Waals surface area contributed by atoms with Gasteiger partial charge in [-0.25, -0.2) is 4.39 Å². The molecule has 0 bridgehead atoms. The first-order valence-electron chi connectivity index (χ1n) is 6.92. The van der Waals surface area contributed by atoms with Gasteiger partial charge in [-0.2, -0.15) is 0 Å². The van der Waals surface area contributed by atoms with Gasteiger partial charge in [0.25, 0.3) is 0 Å². The molecule has 0 saturated carbocycles. The predicted octanol–water partition coefficient (Wildman–Crippen LogP) is 1.20. The van der Waals surface area contributed by atoms with Crippen LogP contribution in [0.2, 0.25) is 0 Å². The van der Waals surface area contributed by atoms with Gasteiger partial charge < -0.3 is 20.4 Å². The number of ether oxygens (including phenoxy) is 1. The molecule has 0 aliphatic heterocycles. The zero-order chi connectivity index (χ0) is 15.1. The van der Waals surface area contributed by atoms with Crippen LogP contribution < -0.4 is 10.6 Å². The molecule has 0 saturated heterocycles. The number of hydrogen-bond acceptors (Lipinski definition) is 3. The molecule has 0 atom stereocenters. The minimum absolute atomic E-state index is 0.0445. The van der Waals surface area contributed by atoms with Gasteiger partial charge in [0.05, 0.1) is 13.2 Å². The molecule has 1 heterocycles. The SMILES string of the molecule is COCCNCC(=O)NCCc1c[nH]c2cc(F)ccc12. The van der Waals surface area contributed by atoms with Crippen molar-refractivity contribution in [2.75, 3.05) is 33.4 Å². The Bertz CT molecular complexity index is 598. The van der Waals surface area contributed by atoms with Crippen LogP contribution in [-0.4, -0.2) is 44.2 Å². The summed E-state index contributed by atoms with van der Waals surface area (Å²) in [6.07, 6.45) is 2.56. The second kappa shape index (κ2) is 7.75. The first-order valence-corrected chi connectivity index (χ1v) is 6.92. The molecule has 2 rings (SSSR count). The van der Waals surface area contributed by atoms with Gasteiger partial charge in [-0.15, -0.1) is 0 Å². The van der Waals surface area contributed by atoms with Crippen LogP contribution in [0.15, 0.2) is 24.4 Å². The molecule has 0 spiro atoms. The number of aromatic amines is 1. The van der Waals surface area contributed by atoms with Gasteiger partial charge >= 0.3 is 0 Å². The molecule has 0 aliphatic rings. The van der Waals surface area contributed by atoms with Crippen LogP contribution in [0.1, 0.15) is 5.56 Å². The summed E-state index contributed by atoms with van der Waals surface area (Å²) in [6.45, 7) is 2.06. The van der Waals surface area contributed by atoms with E-state index in [4.69, 9.17) is 4.74 Å². The lowest BCUT2D eigenvalue weighted by atomic mass is 10.1. The topological polar surface area (TPSA) is 66.2 Å². The Kier molecular flexibility index (Phi) is 5.71. The van der Waals surface area contributed by atoms with E-state index in [0.717, 1.165) is 16.5 Å². The molecule has 3 N–H and O–H groups in total. The van der Waals surface area contributed by atoms with Crippen LogP contribution in [-0.2, 0) is 16.0 Å². The summed E-state index contributed by atoms with van der Waals surface area (Å²) in [4.78, 5) is 14.6. The van der Waals surface area contributed by atoms with E-state index in [1.807, 2.05) is 6.20 Å². The zero-order valence-electron chi connectivity index (χ0n) is 12.0. The molecule has 6 heteroatoms. The summed E-state index contributed by atoms with van der Waals surface area (Å²) in [5.74, 6) is -0.302. The second-order valence-corrected chi connectivity index (χ2v) is 4.77. The zero-order valence-corrected chi connectivity index (χ0v) is 12.0. The van der Waals surface area contributed by atoms with Gasteiger partial charge in [0, 0.05) is 37.3 Å². The number of fused-ring (bicyclic) bond motifs is 1. The molecular formula is C15H20FN3O2. The summed E-state index contributed by atoms with van der Waals surface area (Å²) in [5, 5.41) is 6.81. The maximum absolute atomic E-state index is 13.1. The summed E-state index contributed by atoms with van der Waals surface area (Å²) >= 11 is 0. The van der Waals surface area contributed by atoms with E-state index in [1.54, 1.807) is 13.2 Å². The molecule has 0 fully saturated rings. The fourth-order valence-electron chi connectivity index (χ4n) is 2.14. The standard InChI is InChI=1S/C15H20FN3O2/c1-21-7-6-17-10-15(20)18-5-4-11-9-19-14-8-12(16)2-3-13(11)14/h2-3,8-9,17,19H,4-7,10H2,1H3,(H,18,20).